The van der Waals surface area contributed by atoms with E-state index in [9.17, 15) is 9.59 Å². The Morgan fingerprint density at radius 3 is 2.84 bits per heavy atom. The van der Waals surface area contributed by atoms with E-state index in [4.69, 9.17) is 4.74 Å². The Hall–Kier alpha value is -2.12. The van der Waals surface area contributed by atoms with Crippen LogP contribution in [0.25, 0.3) is 0 Å². The summed E-state index contributed by atoms with van der Waals surface area (Å²) >= 11 is 0. The minimum atomic E-state index is -0.309. The van der Waals surface area contributed by atoms with Gasteiger partial charge in [0.15, 0.2) is 5.69 Å². The Morgan fingerprint density at radius 1 is 1.53 bits per heavy atom. The average Bonchev–Trinajstić information content (AvgIpc) is 2.94. The van der Waals surface area contributed by atoms with Gasteiger partial charge in [0.1, 0.15) is 6.20 Å². The first-order chi connectivity index (χ1) is 9.20. The number of carbonyl (C=O) groups excluding carboxylic acids is 2. The number of likely N-dealkylation sites (tertiary alicyclic amines) is 1. The topological polar surface area (TPSA) is 97.6 Å². The van der Waals surface area contributed by atoms with E-state index in [2.05, 4.69) is 20.3 Å². The van der Waals surface area contributed by atoms with Gasteiger partial charge in [0, 0.05) is 19.1 Å². The van der Waals surface area contributed by atoms with Crippen molar-refractivity contribution in [2.75, 3.05) is 19.7 Å². The zero-order valence-corrected chi connectivity index (χ0v) is 10.7. The van der Waals surface area contributed by atoms with Crippen LogP contribution in [-0.2, 0) is 4.74 Å². The van der Waals surface area contributed by atoms with Gasteiger partial charge in [-0.15, -0.1) is 0 Å². The highest BCUT2D eigenvalue weighted by Gasteiger charge is 2.25. The van der Waals surface area contributed by atoms with E-state index in [1.807, 2.05) is 0 Å². The number of nitrogens with one attached hydrogen (secondary N) is 1. The van der Waals surface area contributed by atoms with Gasteiger partial charge < -0.3 is 15.0 Å². The van der Waals surface area contributed by atoms with Gasteiger partial charge in [-0.2, -0.15) is 0 Å². The molecule has 0 spiro atoms. The van der Waals surface area contributed by atoms with Gasteiger partial charge in [-0.25, -0.2) is 9.42 Å². The van der Waals surface area contributed by atoms with Gasteiger partial charge in [0.05, 0.1) is 6.61 Å². The Labute approximate surface area is 110 Å². The maximum absolute atomic E-state index is 11.7. The van der Waals surface area contributed by atoms with Crippen LogP contribution in [0.4, 0.5) is 4.79 Å². The van der Waals surface area contributed by atoms with E-state index >= 15 is 0 Å². The molecular formula is C11H16N4O4. The maximum Gasteiger partial charge on any atom is 0.409 e. The molecule has 104 valence electrons. The van der Waals surface area contributed by atoms with Gasteiger partial charge in [-0.05, 0) is 24.9 Å². The van der Waals surface area contributed by atoms with E-state index < -0.39 is 0 Å². The Kier molecular flexibility index (Phi) is 4.32. The number of aromatic nitrogens is 2. The molecule has 1 N–H and O–H groups in total. The van der Waals surface area contributed by atoms with Crippen molar-refractivity contribution in [3.05, 3.63) is 11.9 Å². The predicted molar refractivity (Wildman–Crippen MR) is 63.4 cm³/mol. The molecule has 1 fully saturated rings. The monoisotopic (exact) mass is 268 g/mol. The minimum Gasteiger partial charge on any atom is -0.450 e. The van der Waals surface area contributed by atoms with E-state index in [0.717, 1.165) is 0 Å². The summed E-state index contributed by atoms with van der Waals surface area (Å²) in [6.45, 7) is 3.28. The molecule has 1 aliphatic heterocycles. The molecule has 0 aliphatic carbocycles. The van der Waals surface area contributed by atoms with Crippen molar-refractivity contribution in [2.24, 2.45) is 0 Å². The summed E-state index contributed by atoms with van der Waals surface area (Å²) in [5, 5.41) is 9.67. The van der Waals surface area contributed by atoms with E-state index in [1.165, 1.54) is 6.20 Å². The summed E-state index contributed by atoms with van der Waals surface area (Å²) in [6.07, 6.45) is 2.35. The first-order valence-corrected chi connectivity index (χ1v) is 6.21. The molecular weight excluding hydrogens is 252 g/mol. The summed E-state index contributed by atoms with van der Waals surface area (Å²) in [5.74, 6) is -0.309. The largest absolute Gasteiger partial charge is 0.450 e. The molecule has 1 aromatic heterocycles. The van der Waals surface area contributed by atoms with E-state index in [-0.39, 0.29) is 23.7 Å². The molecule has 0 unspecified atom stereocenters. The van der Waals surface area contributed by atoms with Crippen molar-refractivity contribution in [3.8, 4) is 0 Å². The van der Waals surface area contributed by atoms with Crippen LogP contribution in [0.5, 0.6) is 0 Å². The smallest absolute Gasteiger partial charge is 0.409 e. The molecule has 0 bridgehead atoms. The lowest BCUT2D eigenvalue weighted by molar-refractivity contribution is 0.0853. The third-order valence-corrected chi connectivity index (χ3v) is 2.95. The minimum absolute atomic E-state index is 0.0230. The summed E-state index contributed by atoms with van der Waals surface area (Å²) in [7, 11) is 0. The first-order valence-electron chi connectivity index (χ1n) is 6.21. The molecule has 0 atom stereocenters. The van der Waals surface area contributed by atoms with Crippen molar-refractivity contribution in [1.29, 1.82) is 0 Å². The first kappa shape index (κ1) is 13.3. The third-order valence-electron chi connectivity index (χ3n) is 2.95. The van der Waals surface area contributed by atoms with Crippen molar-refractivity contribution in [2.45, 2.75) is 25.8 Å². The molecule has 8 heteroatoms. The van der Waals surface area contributed by atoms with Crippen molar-refractivity contribution in [3.63, 3.8) is 0 Å². The average molecular weight is 268 g/mol. The molecule has 1 aromatic rings. The second-order valence-electron chi connectivity index (χ2n) is 4.23. The quantitative estimate of drug-likeness (QED) is 0.853. The zero-order chi connectivity index (χ0) is 13.7. The predicted octanol–water partition coefficient (Wildman–Crippen LogP) is 0.420. The fourth-order valence-corrected chi connectivity index (χ4v) is 1.95. The molecule has 1 aliphatic rings. The van der Waals surface area contributed by atoms with Gasteiger partial charge >= 0.3 is 6.09 Å². The number of hydrogen-bond acceptors (Lipinski definition) is 6. The van der Waals surface area contributed by atoms with Crippen LogP contribution >= 0.6 is 0 Å². The van der Waals surface area contributed by atoms with Crippen LogP contribution in [0.3, 0.4) is 0 Å². The number of ether oxygens (including phenoxy) is 1. The number of rotatable bonds is 3. The van der Waals surface area contributed by atoms with E-state index in [1.54, 1.807) is 11.8 Å². The lowest BCUT2D eigenvalue weighted by Crippen LogP contribution is -2.46. The summed E-state index contributed by atoms with van der Waals surface area (Å²) < 4.78 is 9.30. The van der Waals surface area contributed by atoms with E-state index in [0.29, 0.717) is 32.5 Å². The molecule has 0 radical (unpaired) electrons. The lowest BCUT2D eigenvalue weighted by atomic mass is 10.1. The van der Waals surface area contributed by atoms with Gasteiger partial charge in [-0.3, -0.25) is 4.79 Å². The molecule has 0 aromatic carbocycles. The standard InChI is InChI=1S/C11H16N4O4/c1-2-18-11(17)15-5-3-8(4-6-15)13-10(16)9-7-12-19-14-9/h7-8H,2-6H2,1H3,(H,13,16). The Balaban J connectivity index is 1.77. The highest BCUT2D eigenvalue weighted by molar-refractivity contribution is 5.91. The molecule has 19 heavy (non-hydrogen) atoms. The van der Waals surface area contributed by atoms with Crippen LogP contribution in [0, 0.1) is 0 Å². The molecule has 1 saturated heterocycles. The molecule has 0 saturated carbocycles. The van der Waals surface area contributed by atoms with Crippen molar-refractivity contribution < 1.29 is 19.0 Å². The van der Waals surface area contributed by atoms with Crippen molar-refractivity contribution in [1.82, 2.24) is 20.5 Å². The number of hydrogen-bond donors (Lipinski definition) is 1. The number of amides is 2. The lowest BCUT2D eigenvalue weighted by Gasteiger charge is -2.31. The second kappa shape index (κ2) is 6.17. The van der Waals surface area contributed by atoms with Crippen LogP contribution in [0.1, 0.15) is 30.3 Å². The fourth-order valence-electron chi connectivity index (χ4n) is 1.95. The molecule has 2 heterocycles. The normalized spacial score (nSPS) is 16.2. The van der Waals surface area contributed by atoms with Crippen LogP contribution in [-0.4, -0.2) is 53.0 Å². The highest BCUT2D eigenvalue weighted by Crippen LogP contribution is 2.12. The zero-order valence-electron chi connectivity index (χ0n) is 10.7. The third kappa shape index (κ3) is 3.43. The molecule has 2 amide bonds. The number of piperidine rings is 1. The molecule has 8 nitrogen and oxygen atoms in total. The molecule has 2 rings (SSSR count). The van der Waals surface area contributed by atoms with Crippen molar-refractivity contribution >= 4 is 12.0 Å². The Bertz CT molecular complexity index is 426. The summed E-state index contributed by atoms with van der Waals surface area (Å²) in [4.78, 5) is 24.9. The second-order valence-corrected chi connectivity index (χ2v) is 4.23. The fraction of sp³-hybridized carbons (Fsp3) is 0.636. The number of carbonyl (C=O) groups is 2. The summed E-state index contributed by atoms with van der Waals surface area (Å²) in [5.41, 5.74) is 0.160. The summed E-state index contributed by atoms with van der Waals surface area (Å²) in [6, 6.07) is 0.0230. The van der Waals surface area contributed by atoms with Gasteiger partial charge in [-0.1, -0.05) is 5.16 Å². The highest BCUT2D eigenvalue weighted by atomic mass is 16.6. The van der Waals surface area contributed by atoms with Crippen LogP contribution in [0.15, 0.2) is 10.8 Å². The van der Waals surface area contributed by atoms with Crippen LogP contribution in [0.2, 0.25) is 0 Å². The Morgan fingerprint density at radius 2 is 2.26 bits per heavy atom. The maximum atomic E-state index is 11.7. The SMILES string of the molecule is CCOC(=O)N1CCC(NC(=O)c2cnon2)CC1. The number of nitrogens with zero attached hydrogens (tertiary/aromatic N) is 3. The van der Waals surface area contributed by atoms with Crippen LogP contribution < -0.4 is 5.32 Å². The van der Waals surface area contributed by atoms with Gasteiger partial charge in [0.25, 0.3) is 5.91 Å². The van der Waals surface area contributed by atoms with Gasteiger partial charge in [0.2, 0.25) is 0 Å².